The first-order chi connectivity index (χ1) is 14.1. The molecular weight excluding hydrogens is 360 g/mol. The quantitative estimate of drug-likeness (QED) is 0.796. The molecule has 29 heavy (non-hydrogen) atoms. The summed E-state index contributed by atoms with van der Waals surface area (Å²) in [6.07, 6.45) is 7.15. The van der Waals surface area contributed by atoms with Gasteiger partial charge < -0.3 is 10.2 Å². The summed E-state index contributed by atoms with van der Waals surface area (Å²) in [5.41, 5.74) is 3.11. The van der Waals surface area contributed by atoms with Crippen LogP contribution in [0.3, 0.4) is 0 Å². The molecular formula is C24H38N4O. The lowest BCUT2D eigenvalue weighted by Crippen LogP contribution is -2.52. The van der Waals surface area contributed by atoms with Crippen LogP contribution in [-0.2, 0) is 17.6 Å². The van der Waals surface area contributed by atoms with Gasteiger partial charge in [0.25, 0.3) is 0 Å². The van der Waals surface area contributed by atoms with Crippen molar-refractivity contribution in [3.05, 3.63) is 35.4 Å². The lowest BCUT2D eigenvalue weighted by atomic mass is 9.92. The average Bonchev–Trinajstić information content (AvgIpc) is 3.18. The van der Waals surface area contributed by atoms with Gasteiger partial charge in [-0.15, -0.1) is 0 Å². The van der Waals surface area contributed by atoms with Crippen LogP contribution in [0.1, 0.15) is 36.8 Å². The second-order valence-corrected chi connectivity index (χ2v) is 9.53. The van der Waals surface area contributed by atoms with E-state index < -0.39 is 0 Å². The van der Waals surface area contributed by atoms with E-state index >= 15 is 0 Å². The van der Waals surface area contributed by atoms with Crippen LogP contribution >= 0.6 is 0 Å². The van der Waals surface area contributed by atoms with Crippen LogP contribution < -0.4 is 5.32 Å². The van der Waals surface area contributed by atoms with E-state index in [4.69, 9.17) is 0 Å². The van der Waals surface area contributed by atoms with Gasteiger partial charge in [-0.1, -0.05) is 24.3 Å². The zero-order valence-corrected chi connectivity index (χ0v) is 18.3. The molecule has 0 bridgehead atoms. The first-order valence-corrected chi connectivity index (χ1v) is 11.6. The fourth-order valence-electron chi connectivity index (χ4n) is 5.51. The Morgan fingerprint density at radius 1 is 1.00 bits per heavy atom. The molecule has 4 rings (SSSR count). The lowest BCUT2D eigenvalue weighted by Gasteiger charge is -2.43. The Morgan fingerprint density at radius 3 is 2.34 bits per heavy atom. The molecule has 2 aliphatic heterocycles. The molecule has 0 radical (unpaired) electrons. The minimum atomic E-state index is 0.174. The van der Waals surface area contributed by atoms with Gasteiger partial charge in [-0.3, -0.25) is 14.6 Å². The van der Waals surface area contributed by atoms with E-state index in [1.807, 2.05) is 14.1 Å². The molecule has 1 aliphatic carbocycles. The summed E-state index contributed by atoms with van der Waals surface area (Å²) in [5.74, 6) is 0.436. The van der Waals surface area contributed by atoms with Crippen LogP contribution in [0.25, 0.3) is 0 Å². The second kappa shape index (κ2) is 9.59. The summed E-state index contributed by atoms with van der Waals surface area (Å²) in [5, 5.41) is 3.14. The highest BCUT2D eigenvalue weighted by Crippen LogP contribution is 2.29. The molecule has 5 nitrogen and oxygen atoms in total. The second-order valence-electron chi connectivity index (χ2n) is 9.53. The normalized spacial score (nSPS) is 24.7. The summed E-state index contributed by atoms with van der Waals surface area (Å²) < 4.78 is 0. The summed E-state index contributed by atoms with van der Waals surface area (Å²) in [7, 11) is 4.09. The molecule has 2 heterocycles. The Kier molecular flexibility index (Phi) is 6.88. The standard InChI is InChI=1S/C24H38N4O/c1-26(2)15-11-25-24(29)21-8-5-12-28(18-21)22-9-13-27(14-10-22)23-16-19-6-3-4-7-20(19)17-23/h3-4,6-7,21-23H,5,8-18H2,1-2H3,(H,25,29)/t21-/m0/s1. The molecule has 5 heteroatoms. The van der Waals surface area contributed by atoms with Gasteiger partial charge in [0.15, 0.2) is 0 Å². The minimum Gasteiger partial charge on any atom is -0.355 e. The van der Waals surface area contributed by atoms with Crippen LogP contribution in [0, 0.1) is 5.92 Å². The van der Waals surface area contributed by atoms with Crippen molar-refractivity contribution in [2.45, 2.75) is 50.6 Å². The van der Waals surface area contributed by atoms with Gasteiger partial charge in [0, 0.05) is 31.7 Å². The van der Waals surface area contributed by atoms with E-state index in [9.17, 15) is 4.79 Å². The van der Waals surface area contributed by atoms with E-state index in [0.29, 0.717) is 12.1 Å². The van der Waals surface area contributed by atoms with Crippen molar-refractivity contribution in [1.82, 2.24) is 20.0 Å². The number of nitrogens with one attached hydrogen (secondary N) is 1. The summed E-state index contributed by atoms with van der Waals surface area (Å²) in [4.78, 5) is 20.0. The van der Waals surface area contributed by atoms with Crippen molar-refractivity contribution in [3.8, 4) is 0 Å². The van der Waals surface area contributed by atoms with Crippen molar-refractivity contribution in [3.63, 3.8) is 0 Å². The molecule has 3 aliphatic rings. The number of amides is 1. The predicted octanol–water partition coefficient (Wildman–Crippen LogP) is 2.01. The maximum absolute atomic E-state index is 12.6. The number of fused-ring (bicyclic) bond motifs is 1. The number of carbonyl (C=O) groups is 1. The highest BCUT2D eigenvalue weighted by atomic mass is 16.1. The molecule has 2 saturated heterocycles. The lowest BCUT2D eigenvalue weighted by molar-refractivity contribution is -0.127. The molecule has 160 valence electrons. The highest BCUT2D eigenvalue weighted by Gasteiger charge is 2.34. The number of hydrogen-bond donors (Lipinski definition) is 1. The van der Waals surface area contributed by atoms with Crippen LogP contribution in [0.4, 0.5) is 0 Å². The van der Waals surface area contributed by atoms with Crippen LogP contribution in [0.5, 0.6) is 0 Å². The van der Waals surface area contributed by atoms with Crippen molar-refractivity contribution in [2.75, 3.05) is 53.4 Å². The summed E-state index contributed by atoms with van der Waals surface area (Å²) in [6.45, 7) is 6.20. The van der Waals surface area contributed by atoms with E-state index in [2.05, 4.69) is 44.3 Å². The van der Waals surface area contributed by atoms with Crippen LogP contribution in [0.15, 0.2) is 24.3 Å². The van der Waals surface area contributed by atoms with Gasteiger partial charge >= 0.3 is 0 Å². The SMILES string of the molecule is CN(C)CCNC(=O)[C@H]1CCCN(C2CCN(C3Cc4ccccc4C3)CC2)C1. The number of likely N-dealkylation sites (tertiary alicyclic amines) is 2. The van der Waals surface area contributed by atoms with Crippen molar-refractivity contribution < 1.29 is 4.79 Å². The number of benzene rings is 1. The van der Waals surface area contributed by atoms with Gasteiger partial charge in [0.2, 0.25) is 5.91 Å². The summed E-state index contributed by atoms with van der Waals surface area (Å²) in [6, 6.07) is 10.3. The minimum absolute atomic E-state index is 0.174. The third kappa shape index (κ3) is 5.19. The Hall–Kier alpha value is -1.43. The van der Waals surface area contributed by atoms with Crippen molar-refractivity contribution >= 4 is 5.91 Å². The smallest absolute Gasteiger partial charge is 0.224 e. The average molecular weight is 399 g/mol. The van der Waals surface area contributed by atoms with Gasteiger partial charge in [0.1, 0.15) is 0 Å². The van der Waals surface area contributed by atoms with Gasteiger partial charge in [-0.25, -0.2) is 0 Å². The number of rotatable bonds is 6. The zero-order chi connectivity index (χ0) is 20.2. The molecule has 1 aromatic rings. The fraction of sp³-hybridized carbons (Fsp3) is 0.708. The predicted molar refractivity (Wildman–Crippen MR) is 118 cm³/mol. The number of piperidine rings is 2. The Bertz CT molecular complexity index is 658. The van der Waals surface area contributed by atoms with Crippen LogP contribution in [0.2, 0.25) is 0 Å². The monoisotopic (exact) mass is 398 g/mol. The number of nitrogens with zero attached hydrogens (tertiary/aromatic N) is 3. The van der Waals surface area contributed by atoms with E-state index in [-0.39, 0.29) is 11.8 Å². The molecule has 1 atom stereocenters. The highest BCUT2D eigenvalue weighted by molar-refractivity contribution is 5.78. The molecule has 0 spiro atoms. The Labute approximate surface area is 176 Å². The first kappa shape index (κ1) is 20.8. The molecule has 1 aromatic carbocycles. The molecule has 1 amide bonds. The molecule has 1 N–H and O–H groups in total. The summed E-state index contributed by atoms with van der Waals surface area (Å²) >= 11 is 0. The molecule has 2 fully saturated rings. The van der Waals surface area contributed by atoms with E-state index in [0.717, 1.165) is 32.5 Å². The van der Waals surface area contributed by atoms with Crippen LogP contribution in [-0.4, -0.2) is 86.1 Å². The number of hydrogen-bond acceptors (Lipinski definition) is 4. The number of likely N-dealkylation sites (N-methyl/N-ethyl adjacent to an activating group) is 1. The Balaban J connectivity index is 1.23. The van der Waals surface area contributed by atoms with Gasteiger partial charge in [-0.2, -0.15) is 0 Å². The maximum Gasteiger partial charge on any atom is 0.224 e. The topological polar surface area (TPSA) is 38.8 Å². The third-order valence-corrected chi connectivity index (χ3v) is 7.24. The van der Waals surface area contributed by atoms with E-state index in [1.54, 1.807) is 11.1 Å². The Morgan fingerprint density at radius 2 is 1.69 bits per heavy atom. The molecule has 0 aromatic heterocycles. The maximum atomic E-state index is 12.6. The van der Waals surface area contributed by atoms with Gasteiger partial charge in [0.05, 0.1) is 5.92 Å². The number of carbonyl (C=O) groups excluding carboxylic acids is 1. The third-order valence-electron chi connectivity index (χ3n) is 7.24. The molecule has 0 saturated carbocycles. The van der Waals surface area contributed by atoms with E-state index in [1.165, 1.54) is 45.3 Å². The molecule has 0 unspecified atom stereocenters. The zero-order valence-electron chi connectivity index (χ0n) is 18.3. The van der Waals surface area contributed by atoms with Gasteiger partial charge in [-0.05, 0) is 83.4 Å². The van der Waals surface area contributed by atoms with Crippen molar-refractivity contribution in [2.24, 2.45) is 5.92 Å². The first-order valence-electron chi connectivity index (χ1n) is 11.6. The largest absolute Gasteiger partial charge is 0.355 e. The fourth-order valence-corrected chi connectivity index (χ4v) is 5.51. The van der Waals surface area contributed by atoms with Crippen molar-refractivity contribution in [1.29, 1.82) is 0 Å².